The van der Waals surface area contributed by atoms with Gasteiger partial charge in [0.05, 0.1) is 18.2 Å². The van der Waals surface area contributed by atoms with E-state index in [2.05, 4.69) is 0 Å². The minimum absolute atomic E-state index is 0.00678. The first-order chi connectivity index (χ1) is 9.00. The molecule has 1 heterocycles. The Morgan fingerprint density at radius 2 is 2.16 bits per heavy atom. The maximum Gasteiger partial charge on any atom is 0.305 e. The quantitative estimate of drug-likeness (QED) is 0.643. The predicted molar refractivity (Wildman–Crippen MR) is 76.2 cm³/mol. The number of primary amides is 1. The molecule has 1 saturated heterocycles. The Morgan fingerprint density at radius 3 is 2.79 bits per heavy atom. The molecule has 1 aliphatic heterocycles. The Labute approximate surface area is 120 Å². The van der Waals surface area contributed by atoms with Crippen LogP contribution in [0.4, 0.5) is 0 Å². The van der Waals surface area contributed by atoms with E-state index in [0.717, 1.165) is 5.75 Å². The minimum atomic E-state index is -0.881. The van der Waals surface area contributed by atoms with Crippen LogP contribution >= 0.6 is 23.5 Å². The molecule has 0 saturated carbocycles. The highest BCUT2D eigenvalue weighted by molar-refractivity contribution is 8.00. The lowest BCUT2D eigenvalue weighted by Crippen LogP contribution is -2.47. The SMILES string of the molecule is NC(=O)CSCCC(=O)N1CCSCC1CC(=O)O. The number of nitrogens with two attached hydrogens (primary N) is 1. The fourth-order valence-electron chi connectivity index (χ4n) is 1.83. The molecule has 0 aliphatic carbocycles. The topological polar surface area (TPSA) is 101 Å². The van der Waals surface area contributed by atoms with Crippen molar-refractivity contribution >= 4 is 41.3 Å². The van der Waals surface area contributed by atoms with E-state index in [4.69, 9.17) is 10.8 Å². The van der Waals surface area contributed by atoms with Gasteiger partial charge in [0.1, 0.15) is 0 Å². The maximum atomic E-state index is 12.0. The number of carboxylic acids is 1. The van der Waals surface area contributed by atoms with Crippen LogP contribution in [0.5, 0.6) is 0 Å². The number of nitrogens with zero attached hydrogens (tertiary/aromatic N) is 1. The highest BCUT2D eigenvalue weighted by Crippen LogP contribution is 2.20. The van der Waals surface area contributed by atoms with Crippen molar-refractivity contribution in [1.82, 2.24) is 4.90 Å². The van der Waals surface area contributed by atoms with Gasteiger partial charge in [0.15, 0.2) is 0 Å². The molecule has 1 aliphatic rings. The zero-order chi connectivity index (χ0) is 14.3. The fraction of sp³-hybridized carbons (Fsp3) is 0.727. The van der Waals surface area contributed by atoms with Crippen molar-refractivity contribution in [2.45, 2.75) is 18.9 Å². The van der Waals surface area contributed by atoms with Gasteiger partial charge in [-0.15, -0.1) is 0 Å². The molecule has 6 nitrogen and oxygen atoms in total. The summed E-state index contributed by atoms with van der Waals surface area (Å²) >= 11 is 3.00. The molecular formula is C11H18N2O4S2. The molecule has 0 aromatic carbocycles. The highest BCUT2D eigenvalue weighted by Gasteiger charge is 2.28. The molecule has 0 bridgehead atoms. The third kappa shape index (κ3) is 6.20. The first kappa shape index (κ1) is 16.2. The van der Waals surface area contributed by atoms with E-state index in [0.29, 0.717) is 24.5 Å². The molecule has 2 amide bonds. The summed E-state index contributed by atoms with van der Waals surface area (Å²) in [5, 5.41) is 8.84. The molecule has 0 spiro atoms. The van der Waals surface area contributed by atoms with E-state index < -0.39 is 11.9 Å². The minimum Gasteiger partial charge on any atom is -0.481 e. The molecule has 1 unspecified atom stereocenters. The number of carbonyl (C=O) groups is 3. The standard InChI is InChI=1S/C11H18N2O4S2/c12-9(14)7-18-3-1-10(15)13-2-4-19-6-8(13)5-11(16)17/h8H,1-7H2,(H2,12,14)(H,16,17). The molecule has 1 rings (SSSR count). The normalized spacial score (nSPS) is 19.2. The van der Waals surface area contributed by atoms with Gasteiger partial charge in [-0.05, 0) is 0 Å². The molecular weight excluding hydrogens is 288 g/mol. The van der Waals surface area contributed by atoms with Gasteiger partial charge in [-0.25, -0.2) is 0 Å². The first-order valence-electron chi connectivity index (χ1n) is 5.95. The van der Waals surface area contributed by atoms with Crippen LogP contribution in [0.25, 0.3) is 0 Å². The van der Waals surface area contributed by atoms with Gasteiger partial charge in [-0.2, -0.15) is 23.5 Å². The highest BCUT2D eigenvalue weighted by atomic mass is 32.2. The summed E-state index contributed by atoms with van der Waals surface area (Å²) in [6, 6.07) is -0.218. The van der Waals surface area contributed by atoms with Gasteiger partial charge in [0, 0.05) is 30.2 Å². The van der Waals surface area contributed by atoms with Crippen molar-refractivity contribution in [3.05, 3.63) is 0 Å². The number of rotatable bonds is 7. The molecule has 0 aromatic rings. The average Bonchev–Trinajstić information content (AvgIpc) is 2.34. The monoisotopic (exact) mass is 306 g/mol. The van der Waals surface area contributed by atoms with Crippen LogP contribution in [0.1, 0.15) is 12.8 Å². The van der Waals surface area contributed by atoms with Gasteiger partial charge >= 0.3 is 5.97 Å². The molecule has 108 valence electrons. The first-order valence-corrected chi connectivity index (χ1v) is 8.26. The molecule has 0 radical (unpaired) electrons. The van der Waals surface area contributed by atoms with Gasteiger partial charge < -0.3 is 15.7 Å². The molecule has 1 fully saturated rings. The Morgan fingerprint density at radius 1 is 1.42 bits per heavy atom. The third-order valence-corrected chi connectivity index (χ3v) is 4.74. The fourth-order valence-corrected chi connectivity index (χ4v) is 3.56. The van der Waals surface area contributed by atoms with E-state index >= 15 is 0 Å². The molecule has 1 atom stereocenters. The molecule has 19 heavy (non-hydrogen) atoms. The van der Waals surface area contributed by atoms with Crippen molar-refractivity contribution in [3.63, 3.8) is 0 Å². The Kier molecular flexibility index (Phi) is 7.07. The summed E-state index contributed by atoms with van der Waals surface area (Å²) in [6.07, 6.45) is 0.311. The van der Waals surface area contributed by atoms with E-state index in [1.54, 1.807) is 16.7 Å². The predicted octanol–water partition coefficient (Wildman–Crippen LogP) is 0.0137. The number of aliphatic carboxylic acids is 1. The lowest BCUT2D eigenvalue weighted by molar-refractivity contribution is -0.140. The van der Waals surface area contributed by atoms with Gasteiger partial charge in [0.25, 0.3) is 0 Å². The van der Waals surface area contributed by atoms with Gasteiger partial charge in [-0.3, -0.25) is 14.4 Å². The lowest BCUT2D eigenvalue weighted by atomic mass is 10.2. The lowest BCUT2D eigenvalue weighted by Gasteiger charge is -2.34. The second-order valence-corrected chi connectivity index (χ2v) is 6.44. The molecule has 8 heteroatoms. The van der Waals surface area contributed by atoms with Crippen molar-refractivity contribution in [2.24, 2.45) is 5.73 Å². The van der Waals surface area contributed by atoms with E-state index in [1.807, 2.05) is 0 Å². The third-order valence-electron chi connectivity index (χ3n) is 2.66. The number of hydrogen-bond donors (Lipinski definition) is 2. The van der Waals surface area contributed by atoms with Crippen LogP contribution < -0.4 is 5.73 Å². The molecule has 0 aromatic heterocycles. The van der Waals surface area contributed by atoms with Crippen molar-refractivity contribution in [2.75, 3.05) is 29.6 Å². The van der Waals surface area contributed by atoms with Crippen molar-refractivity contribution in [1.29, 1.82) is 0 Å². The van der Waals surface area contributed by atoms with Gasteiger partial charge in [0.2, 0.25) is 11.8 Å². The summed E-state index contributed by atoms with van der Waals surface area (Å²) in [4.78, 5) is 35.0. The van der Waals surface area contributed by atoms with Gasteiger partial charge in [-0.1, -0.05) is 0 Å². The summed E-state index contributed by atoms with van der Waals surface area (Å²) < 4.78 is 0. The second-order valence-electron chi connectivity index (χ2n) is 4.18. The van der Waals surface area contributed by atoms with Crippen molar-refractivity contribution in [3.8, 4) is 0 Å². The number of carbonyl (C=O) groups excluding carboxylic acids is 2. The van der Waals surface area contributed by atoms with Crippen LogP contribution in [0, 0.1) is 0 Å². The zero-order valence-electron chi connectivity index (χ0n) is 10.5. The summed E-state index contributed by atoms with van der Waals surface area (Å²) in [7, 11) is 0. The number of carboxylic acid groups (broad SMARTS) is 1. The summed E-state index contributed by atoms with van der Waals surface area (Å²) in [5.41, 5.74) is 5.01. The zero-order valence-corrected chi connectivity index (χ0v) is 12.2. The summed E-state index contributed by atoms with van der Waals surface area (Å²) in [6.45, 7) is 0.599. The van der Waals surface area contributed by atoms with Crippen LogP contribution in [0.15, 0.2) is 0 Å². The molecule has 3 N–H and O–H groups in total. The Balaban J connectivity index is 2.38. The number of hydrogen-bond acceptors (Lipinski definition) is 5. The Hall–Kier alpha value is -0.890. The smallest absolute Gasteiger partial charge is 0.305 e. The van der Waals surface area contributed by atoms with E-state index in [1.165, 1.54) is 11.8 Å². The van der Waals surface area contributed by atoms with Crippen LogP contribution in [0.3, 0.4) is 0 Å². The van der Waals surface area contributed by atoms with Crippen LogP contribution in [-0.2, 0) is 14.4 Å². The van der Waals surface area contributed by atoms with Crippen LogP contribution in [-0.4, -0.2) is 63.4 Å². The summed E-state index contributed by atoms with van der Waals surface area (Å²) in [5.74, 6) is 0.947. The second kappa shape index (κ2) is 8.31. The number of amides is 2. The average molecular weight is 306 g/mol. The van der Waals surface area contributed by atoms with E-state index in [-0.39, 0.29) is 24.1 Å². The maximum absolute atomic E-state index is 12.0. The van der Waals surface area contributed by atoms with E-state index in [9.17, 15) is 14.4 Å². The van der Waals surface area contributed by atoms with Crippen LogP contribution in [0.2, 0.25) is 0 Å². The van der Waals surface area contributed by atoms with Crippen molar-refractivity contribution < 1.29 is 19.5 Å². The Bertz CT molecular complexity index is 352. The largest absolute Gasteiger partial charge is 0.481 e. The number of thioether (sulfide) groups is 2.